The first kappa shape index (κ1) is 26.6. The van der Waals surface area contributed by atoms with Crippen LogP contribution in [0.2, 0.25) is 0 Å². The molecule has 0 saturated heterocycles. The Balaban J connectivity index is 0. The quantitative estimate of drug-likeness (QED) is 0.314. The van der Waals surface area contributed by atoms with E-state index < -0.39 is 23.6 Å². The normalized spacial score (nSPS) is 13.9. The Morgan fingerprint density at radius 1 is 1.15 bits per heavy atom. The highest BCUT2D eigenvalue weighted by atomic mass is 16.5. The Kier molecular flexibility index (Phi) is 15.9. The van der Waals surface area contributed by atoms with Crippen molar-refractivity contribution in [1.29, 1.82) is 0 Å². The molecule has 0 bridgehead atoms. The van der Waals surface area contributed by atoms with Crippen LogP contribution in [0.5, 0.6) is 0 Å². The fourth-order valence-electron chi connectivity index (χ4n) is 2.04. The van der Waals surface area contributed by atoms with E-state index in [9.17, 15) is 14.7 Å². The minimum atomic E-state index is -1.60. The molecule has 0 rings (SSSR count). The molecule has 0 heterocycles. The highest BCUT2D eigenvalue weighted by Crippen LogP contribution is 2.19. The molecule has 152 valence electrons. The van der Waals surface area contributed by atoms with Crippen molar-refractivity contribution in [3.63, 3.8) is 0 Å². The minimum absolute atomic E-state index is 0.117. The zero-order valence-electron chi connectivity index (χ0n) is 16.4. The van der Waals surface area contributed by atoms with Crippen LogP contribution in [-0.4, -0.2) is 45.6 Å². The first-order chi connectivity index (χ1) is 12.1. The van der Waals surface area contributed by atoms with Gasteiger partial charge >= 0.3 is 11.9 Å². The van der Waals surface area contributed by atoms with Gasteiger partial charge in [0.2, 0.25) is 0 Å². The van der Waals surface area contributed by atoms with E-state index >= 15 is 0 Å². The molecule has 0 aromatic rings. The predicted molar refractivity (Wildman–Crippen MR) is 103 cm³/mol. The fourth-order valence-corrected chi connectivity index (χ4v) is 2.04. The number of aliphatic carboxylic acids is 2. The summed E-state index contributed by atoms with van der Waals surface area (Å²) in [7, 11) is 0. The van der Waals surface area contributed by atoms with Gasteiger partial charge in [0, 0.05) is 19.4 Å². The van der Waals surface area contributed by atoms with Crippen LogP contribution >= 0.6 is 0 Å². The van der Waals surface area contributed by atoms with Crippen LogP contribution in [0.1, 0.15) is 65.7 Å². The molecule has 0 spiro atoms. The van der Waals surface area contributed by atoms with Gasteiger partial charge in [0.15, 0.2) is 11.7 Å². The second-order valence-corrected chi connectivity index (χ2v) is 6.69. The van der Waals surface area contributed by atoms with E-state index in [1.165, 1.54) is 6.08 Å². The third-order valence-corrected chi connectivity index (χ3v) is 3.74. The molecule has 0 aliphatic carbocycles. The Morgan fingerprint density at radius 2 is 1.77 bits per heavy atom. The summed E-state index contributed by atoms with van der Waals surface area (Å²) in [5.74, 6) is -1.52. The molecule has 0 amide bonds. The van der Waals surface area contributed by atoms with Crippen molar-refractivity contribution in [3.8, 4) is 0 Å². The number of aliphatic hydroxyl groups is 1. The van der Waals surface area contributed by atoms with Crippen LogP contribution in [0.15, 0.2) is 25.3 Å². The van der Waals surface area contributed by atoms with Crippen molar-refractivity contribution in [3.05, 3.63) is 25.3 Å². The summed E-state index contributed by atoms with van der Waals surface area (Å²) in [4.78, 5) is 21.3. The number of carboxylic acids is 2. The predicted octanol–water partition coefficient (Wildman–Crippen LogP) is 4.04. The Labute approximate surface area is 157 Å². The zero-order chi connectivity index (χ0) is 20.6. The molecule has 3 N–H and O–H groups in total. The monoisotopic (exact) mass is 372 g/mol. The Morgan fingerprint density at radius 3 is 2.15 bits per heavy atom. The summed E-state index contributed by atoms with van der Waals surface area (Å²) in [6.07, 6.45) is 6.68. The van der Waals surface area contributed by atoms with Crippen LogP contribution in [0.4, 0.5) is 0 Å². The second-order valence-electron chi connectivity index (χ2n) is 6.69. The van der Waals surface area contributed by atoms with Gasteiger partial charge in [-0.15, -0.1) is 13.2 Å². The van der Waals surface area contributed by atoms with Gasteiger partial charge in [0.25, 0.3) is 0 Å². The first-order valence-electron chi connectivity index (χ1n) is 9.16. The molecule has 0 aromatic heterocycles. The average Bonchev–Trinajstić information content (AvgIpc) is 2.54. The second kappa shape index (κ2) is 15.6. The lowest BCUT2D eigenvalue weighted by molar-refractivity contribution is -0.159. The summed E-state index contributed by atoms with van der Waals surface area (Å²) in [6.45, 7) is 13.6. The molecule has 2 unspecified atom stereocenters. The van der Waals surface area contributed by atoms with Crippen LogP contribution in [0.25, 0.3) is 0 Å². The molecule has 6 heteroatoms. The molecule has 2 atom stereocenters. The van der Waals surface area contributed by atoms with Crippen LogP contribution in [0, 0.1) is 5.92 Å². The number of hydrogen-bond acceptors (Lipinski definition) is 4. The maximum atomic E-state index is 10.7. The van der Waals surface area contributed by atoms with Gasteiger partial charge in [0.05, 0.1) is 0 Å². The number of carbonyl (C=O) groups is 2. The Bertz CT molecular complexity index is 419. The zero-order valence-corrected chi connectivity index (χ0v) is 16.4. The number of hydrogen-bond donors (Lipinski definition) is 3. The molecule has 0 aliphatic rings. The van der Waals surface area contributed by atoms with Crippen molar-refractivity contribution in [2.45, 2.75) is 77.4 Å². The van der Waals surface area contributed by atoms with E-state index in [0.29, 0.717) is 25.4 Å². The molecule has 0 fully saturated rings. The maximum absolute atomic E-state index is 10.7. The SMILES string of the molecule is C=CCC(O)(CCCCC)C(=O)O.C=CCC(OCCC(C)C)C(=O)O. The lowest BCUT2D eigenvalue weighted by Crippen LogP contribution is -2.37. The summed E-state index contributed by atoms with van der Waals surface area (Å²) in [5.41, 5.74) is -1.60. The maximum Gasteiger partial charge on any atom is 0.335 e. The molecular formula is C20H36O6. The fraction of sp³-hybridized carbons (Fsp3) is 0.700. The molecule has 6 nitrogen and oxygen atoms in total. The lowest BCUT2D eigenvalue weighted by Gasteiger charge is -2.21. The highest BCUT2D eigenvalue weighted by Gasteiger charge is 2.33. The van der Waals surface area contributed by atoms with Gasteiger partial charge < -0.3 is 20.1 Å². The number of rotatable bonds is 14. The van der Waals surface area contributed by atoms with Gasteiger partial charge in [-0.25, -0.2) is 9.59 Å². The van der Waals surface area contributed by atoms with Gasteiger partial charge in [0.1, 0.15) is 0 Å². The topological polar surface area (TPSA) is 104 Å². The first-order valence-corrected chi connectivity index (χ1v) is 9.16. The largest absolute Gasteiger partial charge is 0.479 e. The van der Waals surface area contributed by atoms with E-state index in [1.54, 1.807) is 6.08 Å². The van der Waals surface area contributed by atoms with Crippen molar-refractivity contribution in [2.75, 3.05) is 6.61 Å². The summed E-state index contributed by atoms with van der Waals surface area (Å²) < 4.78 is 5.18. The third-order valence-electron chi connectivity index (χ3n) is 3.74. The minimum Gasteiger partial charge on any atom is -0.479 e. The van der Waals surface area contributed by atoms with E-state index in [0.717, 1.165) is 25.7 Å². The average molecular weight is 373 g/mol. The number of ether oxygens (including phenoxy) is 1. The van der Waals surface area contributed by atoms with E-state index in [4.69, 9.17) is 14.9 Å². The van der Waals surface area contributed by atoms with Crippen LogP contribution in [0.3, 0.4) is 0 Å². The molecule has 26 heavy (non-hydrogen) atoms. The lowest BCUT2D eigenvalue weighted by atomic mass is 9.93. The molecule has 0 aromatic carbocycles. The highest BCUT2D eigenvalue weighted by molar-refractivity contribution is 5.77. The smallest absolute Gasteiger partial charge is 0.335 e. The van der Waals surface area contributed by atoms with Gasteiger partial charge in [-0.3, -0.25) is 0 Å². The summed E-state index contributed by atoms with van der Waals surface area (Å²) in [6, 6.07) is 0. The van der Waals surface area contributed by atoms with Crippen molar-refractivity contribution < 1.29 is 29.6 Å². The van der Waals surface area contributed by atoms with Crippen LogP contribution < -0.4 is 0 Å². The van der Waals surface area contributed by atoms with Gasteiger partial charge in [-0.05, 0) is 25.2 Å². The van der Waals surface area contributed by atoms with Gasteiger partial charge in [-0.2, -0.15) is 0 Å². The van der Waals surface area contributed by atoms with Crippen molar-refractivity contribution >= 4 is 11.9 Å². The standard InChI is InChI=1S/2C10H18O3/c1-4-5-9(10(11)12)13-7-6-8(2)3;1-3-5-6-8-10(13,7-4-2)9(11)12/h4,8-9H,1,5-7H2,2-3H3,(H,11,12);4,13H,2-3,5-8H2,1H3,(H,11,12). The molecule has 0 saturated carbocycles. The van der Waals surface area contributed by atoms with Gasteiger partial charge in [-0.1, -0.05) is 45.8 Å². The van der Waals surface area contributed by atoms with Crippen LogP contribution in [-0.2, 0) is 14.3 Å². The summed E-state index contributed by atoms with van der Waals surface area (Å²) in [5, 5.41) is 27.1. The molecule has 0 aliphatic heterocycles. The van der Waals surface area contributed by atoms with E-state index in [-0.39, 0.29) is 6.42 Å². The Hall–Kier alpha value is -1.66. The summed E-state index contributed by atoms with van der Waals surface area (Å²) >= 11 is 0. The molecule has 0 radical (unpaired) electrons. The number of unbranched alkanes of at least 4 members (excludes halogenated alkanes) is 2. The van der Waals surface area contributed by atoms with E-state index in [2.05, 4.69) is 27.0 Å². The number of carboxylic acid groups (broad SMARTS) is 2. The van der Waals surface area contributed by atoms with Crippen molar-refractivity contribution in [2.24, 2.45) is 5.92 Å². The molecular weight excluding hydrogens is 336 g/mol. The third kappa shape index (κ3) is 13.6. The van der Waals surface area contributed by atoms with Crippen molar-refractivity contribution in [1.82, 2.24) is 0 Å². The van der Waals surface area contributed by atoms with E-state index in [1.807, 2.05) is 6.92 Å².